The Hall–Kier alpha value is -1.41. The van der Waals surface area contributed by atoms with Gasteiger partial charge in [0.25, 0.3) is 0 Å². The van der Waals surface area contributed by atoms with Crippen LogP contribution in [0.15, 0.2) is 24.3 Å². The fourth-order valence-corrected chi connectivity index (χ4v) is 10.9. The number of aliphatic hydroxyl groups excluding tert-OH is 7. The smallest absolute Gasteiger partial charge is 0.249 e. The van der Waals surface area contributed by atoms with Crippen molar-refractivity contribution in [2.75, 3.05) is 13.2 Å². The first-order valence-corrected chi connectivity index (χ1v) is 33.2. The van der Waals surface area contributed by atoms with E-state index in [1.54, 1.807) is 0 Å². The number of carbonyl (C=O) groups excluding carboxylic acids is 1. The minimum Gasteiger partial charge on any atom is -0.394 e. The van der Waals surface area contributed by atoms with Crippen LogP contribution in [0.3, 0.4) is 0 Å². The molecule has 0 spiro atoms. The Balaban J connectivity index is 2.19. The Morgan fingerprint density at radius 3 is 1.16 bits per heavy atom. The van der Waals surface area contributed by atoms with Crippen molar-refractivity contribution >= 4 is 5.91 Å². The molecule has 77 heavy (non-hydrogen) atoms. The van der Waals surface area contributed by atoms with E-state index in [0.29, 0.717) is 19.3 Å². The van der Waals surface area contributed by atoms with Gasteiger partial charge in [-0.15, -0.1) is 0 Å². The second-order valence-electron chi connectivity index (χ2n) is 23.5. The van der Waals surface area contributed by atoms with Crippen LogP contribution in [0, 0.1) is 0 Å². The van der Waals surface area contributed by atoms with Crippen molar-refractivity contribution in [3.63, 3.8) is 0 Å². The summed E-state index contributed by atoms with van der Waals surface area (Å²) in [6, 6.07) is -1.19. The molecule has 0 radical (unpaired) electrons. The molecule has 456 valence electrons. The van der Waals surface area contributed by atoms with Crippen molar-refractivity contribution in [3.8, 4) is 0 Å². The molecule has 1 aliphatic rings. The lowest BCUT2D eigenvalue weighted by Gasteiger charge is -2.40. The van der Waals surface area contributed by atoms with Crippen LogP contribution in [-0.4, -0.2) is 110 Å². The predicted molar refractivity (Wildman–Crippen MR) is 321 cm³/mol. The topological polar surface area (TPSA) is 189 Å². The Morgan fingerprint density at radius 1 is 0.442 bits per heavy atom. The molecule has 0 aromatic heterocycles. The van der Waals surface area contributed by atoms with E-state index in [9.17, 15) is 40.5 Å². The summed E-state index contributed by atoms with van der Waals surface area (Å²) in [4.78, 5) is 13.2. The molecule has 1 saturated heterocycles. The largest absolute Gasteiger partial charge is 0.394 e. The molecule has 1 heterocycles. The van der Waals surface area contributed by atoms with Gasteiger partial charge >= 0.3 is 0 Å². The van der Waals surface area contributed by atoms with Crippen LogP contribution >= 0.6 is 0 Å². The van der Waals surface area contributed by atoms with E-state index in [2.05, 4.69) is 43.5 Å². The van der Waals surface area contributed by atoms with Gasteiger partial charge in [-0.25, -0.2) is 0 Å². The number of hydrogen-bond donors (Lipinski definition) is 8. The van der Waals surface area contributed by atoms with Gasteiger partial charge in [-0.3, -0.25) is 4.79 Å². The fourth-order valence-electron chi connectivity index (χ4n) is 10.9. The lowest BCUT2D eigenvalue weighted by molar-refractivity contribution is -0.303. The van der Waals surface area contributed by atoms with Crippen molar-refractivity contribution in [1.29, 1.82) is 0 Å². The molecule has 0 aromatic rings. The van der Waals surface area contributed by atoms with Crippen molar-refractivity contribution in [2.45, 2.75) is 377 Å². The van der Waals surface area contributed by atoms with Crippen LogP contribution in [0.5, 0.6) is 0 Å². The molecule has 0 saturated carbocycles. The summed E-state index contributed by atoms with van der Waals surface area (Å²) in [5.41, 5.74) is 0. The summed E-state index contributed by atoms with van der Waals surface area (Å²) < 4.78 is 11.2. The second kappa shape index (κ2) is 55.1. The Labute approximate surface area is 474 Å². The van der Waals surface area contributed by atoms with Crippen molar-refractivity contribution < 1.29 is 50.0 Å². The summed E-state index contributed by atoms with van der Waals surface area (Å²) in [5, 5.41) is 76.3. The Morgan fingerprint density at radius 2 is 0.779 bits per heavy atom. The maximum atomic E-state index is 13.2. The summed E-state index contributed by atoms with van der Waals surface area (Å²) in [6.07, 6.45) is 57.0. The maximum absolute atomic E-state index is 13.2. The third-order valence-electron chi connectivity index (χ3n) is 16.2. The molecule has 1 rings (SSSR count). The lowest BCUT2D eigenvalue weighted by Crippen LogP contribution is -2.60. The standard InChI is InChI=1S/C66H127NO10/c1-3-5-7-9-11-13-15-17-19-21-23-24-25-26-27-28-29-30-31-32-33-34-35-36-38-40-42-44-46-48-50-52-54-59(70)65(75)67-57(56-76-66-64(74)63(73)62(72)60(55-68)77-66)61(71)58(69)53-51-49-47-45-43-41-39-37-22-20-18-16-14-12-10-8-6-4-2/h37,39,45,47,57-64,66,68-74H,3-36,38,40-44,46,48-56H2,1-2H3,(H,67,75)/b39-37+,47-45+. The highest BCUT2D eigenvalue weighted by Gasteiger charge is 2.44. The molecule has 0 aliphatic carbocycles. The van der Waals surface area contributed by atoms with Crippen LogP contribution in [0.2, 0.25) is 0 Å². The number of ether oxygens (including phenoxy) is 2. The molecule has 8 N–H and O–H groups in total. The van der Waals surface area contributed by atoms with Gasteiger partial charge in [-0.05, 0) is 51.4 Å². The zero-order valence-corrected chi connectivity index (χ0v) is 50.2. The number of amides is 1. The number of unbranched alkanes of at least 4 members (excludes halogenated alkanes) is 42. The molecular formula is C66H127NO10. The van der Waals surface area contributed by atoms with Crippen molar-refractivity contribution in [2.24, 2.45) is 0 Å². The third-order valence-corrected chi connectivity index (χ3v) is 16.2. The van der Waals surface area contributed by atoms with Gasteiger partial charge in [-0.1, -0.05) is 295 Å². The Kier molecular flexibility index (Phi) is 52.7. The van der Waals surface area contributed by atoms with Gasteiger partial charge in [0.15, 0.2) is 6.29 Å². The van der Waals surface area contributed by atoms with Gasteiger partial charge in [-0.2, -0.15) is 0 Å². The minimum absolute atomic E-state index is 0.249. The molecule has 11 heteroatoms. The first kappa shape index (κ1) is 73.6. The number of rotatable bonds is 58. The average Bonchev–Trinajstić information content (AvgIpc) is 3.43. The number of aliphatic hydroxyl groups is 7. The summed E-state index contributed by atoms with van der Waals surface area (Å²) in [5.74, 6) is -0.704. The fraction of sp³-hybridized carbons (Fsp3) is 0.924. The highest BCUT2D eigenvalue weighted by Crippen LogP contribution is 2.24. The molecule has 1 aliphatic heterocycles. The van der Waals surface area contributed by atoms with Crippen LogP contribution in [0.4, 0.5) is 0 Å². The van der Waals surface area contributed by atoms with Gasteiger partial charge in [0.2, 0.25) is 5.91 Å². The zero-order valence-electron chi connectivity index (χ0n) is 50.2. The monoisotopic (exact) mass is 1090 g/mol. The lowest BCUT2D eigenvalue weighted by atomic mass is 9.98. The van der Waals surface area contributed by atoms with Crippen LogP contribution in [-0.2, 0) is 14.3 Å². The van der Waals surface area contributed by atoms with E-state index in [4.69, 9.17) is 9.47 Å². The number of hydrogen-bond acceptors (Lipinski definition) is 10. The summed E-state index contributed by atoms with van der Waals surface area (Å²) >= 11 is 0. The van der Waals surface area contributed by atoms with Crippen LogP contribution in [0.25, 0.3) is 0 Å². The first-order chi connectivity index (χ1) is 37.7. The SMILES string of the molecule is CCCCCCCCCCC/C=C/CC/C=C/CCCC(O)C(O)C(COC1OC(CO)C(O)C(O)C1O)NC(=O)C(O)CCCCCCCCCCCCCCCCCCCCCCCCCCCCCCCCCC. The summed E-state index contributed by atoms with van der Waals surface area (Å²) in [7, 11) is 0. The third kappa shape index (κ3) is 43.0. The first-order valence-electron chi connectivity index (χ1n) is 33.2. The average molecular weight is 1090 g/mol. The molecule has 1 amide bonds. The van der Waals surface area contributed by atoms with E-state index in [0.717, 1.165) is 38.5 Å². The second-order valence-corrected chi connectivity index (χ2v) is 23.5. The molecule has 0 aromatic carbocycles. The molecular weight excluding hydrogens is 967 g/mol. The number of nitrogens with one attached hydrogen (secondary N) is 1. The van der Waals surface area contributed by atoms with E-state index in [1.807, 2.05) is 0 Å². The quantitative estimate of drug-likeness (QED) is 0.0215. The Bertz CT molecular complexity index is 1300. The molecule has 9 unspecified atom stereocenters. The molecule has 1 fully saturated rings. The molecule has 9 atom stereocenters. The minimum atomic E-state index is -1.67. The predicted octanol–water partition coefficient (Wildman–Crippen LogP) is 15.2. The normalized spacial score (nSPS) is 19.6. The molecule has 11 nitrogen and oxygen atoms in total. The van der Waals surface area contributed by atoms with Gasteiger partial charge in [0, 0.05) is 0 Å². The van der Waals surface area contributed by atoms with E-state index in [1.165, 1.54) is 238 Å². The van der Waals surface area contributed by atoms with Gasteiger partial charge < -0.3 is 50.5 Å². The number of carbonyl (C=O) groups is 1. The highest BCUT2D eigenvalue weighted by atomic mass is 16.7. The van der Waals surface area contributed by atoms with Crippen LogP contribution in [0.1, 0.15) is 322 Å². The summed E-state index contributed by atoms with van der Waals surface area (Å²) in [6.45, 7) is 3.48. The van der Waals surface area contributed by atoms with Gasteiger partial charge in [0.05, 0.1) is 25.4 Å². The van der Waals surface area contributed by atoms with Crippen molar-refractivity contribution in [1.82, 2.24) is 5.32 Å². The maximum Gasteiger partial charge on any atom is 0.249 e. The van der Waals surface area contributed by atoms with Crippen molar-refractivity contribution in [3.05, 3.63) is 24.3 Å². The zero-order chi connectivity index (χ0) is 56.1. The van der Waals surface area contributed by atoms with Gasteiger partial charge in [0.1, 0.15) is 36.6 Å². The highest BCUT2D eigenvalue weighted by molar-refractivity contribution is 5.80. The van der Waals surface area contributed by atoms with E-state index < -0.39 is 74.2 Å². The van der Waals surface area contributed by atoms with E-state index in [-0.39, 0.29) is 12.8 Å². The van der Waals surface area contributed by atoms with E-state index >= 15 is 0 Å². The molecule has 0 bridgehead atoms. The number of allylic oxidation sites excluding steroid dienone is 4. The van der Waals surface area contributed by atoms with Crippen LogP contribution < -0.4 is 5.32 Å².